The van der Waals surface area contributed by atoms with Crippen LogP contribution >= 0.6 is 11.3 Å². The summed E-state index contributed by atoms with van der Waals surface area (Å²) < 4.78 is 0. The number of H-pyrrole nitrogens is 1. The summed E-state index contributed by atoms with van der Waals surface area (Å²) in [5.74, 6) is 0. The third-order valence-electron chi connectivity index (χ3n) is 3.20. The molecule has 1 aliphatic rings. The monoisotopic (exact) mass is 233 g/mol. The van der Waals surface area contributed by atoms with Gasteiger partial charge in [0.2, 0.25) is 0 Å². The number of aromatic nitrogens is 1. The fraction of sp³-hybridized carbons (Fsp3) is 0.385. The maximum atomic E-state index is 10.2. The molecule has 0 radical (unpaired) electrons. The Morgan fingerprint density at radius 2 is 2.19 bits per heavy atom. The highest BCUT2D eigenvalue weighted by Crippen LogP contribution is 2.34. The van der Waals surface area contributed by atoms with Gasteiger partial charge >= 0.3 is 0 Å². The number of aliphatic hydroxyl groups is 1. The Bertz CT molecular complexity index is 449. The van der Waals surface area contributed by atoms with Crippen molar-refractivity contribution in [2.45, 2.75) is 31.8 Å². The summed E-state index contributed by atoms with van der Waals surface area (Å²) in [7, 11) is 0. The summed E-state index contributed by atoms with van der Waals surface area (Å²) in [6, 6.07) is 6.04. The number of rotatable bonds is 2. The minimum Gasteiger partial charge on any atom is -0.381 e. The van der Waals surface area contributed by atoms with Gasteiger partial charge in [-0.1, -0.05) is 0 Å². The molecule has 0 aromatic carbocycles. The molecule has 1 unspecified atom stereocenters. The van der Waals surface area contributed by atoms with E-state index in [1.54, 1.807) is 11.3 Å². The van der Waals surface area contributed by atoms with Gasteiger partial charge in [-0.05, 0) is 49.4 Å². The first-order chi connectivity index (χ1) is 7.84. The second-order valence-electron chi connectivity index (χ2n) is 4.33. The number of hydrogen-bond acceptors (Lipinski definition) is 2. The van der Waals surface area contributed by atoms with Crippen LogP contribution in [0.1, 0.15) is 40.0 Å². The highest BCUT2D eigenvalue weighted by Gasteiger charge is 2.18. The molecule has 0 saturated carbocycles. The molecule has 1 atom stereocenters. The molecule has 2 nitrogen and oxygen atoms in total. The van der Waals surface area contributed by atoms with E-state index in [1.165, 1.54) is 36.1 Å². The second-order valence-corrected chi connectivity index (χ2v) is 5.50. The third-order valence-corrected chi connectivity index (χ3v) is 4.49. The van der Waals surface area contributed by atoms with Crippen molar-refractivity contribution in [3.05, 3.63) is 45.4 Å². The molecule has 2 aromatic rings. The van der Waals surface area contributed by atoms with Gasteiger partial charge < -0.3 is 10.1 Å². The van der Waals surface area contributed by atoms with Crippen molar-refractivity contribution in [2.24, 2.45) is 0 Å². The summed E-state index contributed by atoms with van der Waals surface area (Å²) in [5, 5.41) is 10.2. The first kappa shape index (κ1) is 10.1. The predicted octanol–water partition coefficient (Wildman–Crippen LogP) is 3.04. The molecule has 3 heteroatoms. The smallest absolute Gasteiger partial charge is 0.128 e. The van der Waals surface area contributed by atoms with Crippen molar-refractivity contribution in [1.29, 1.82) is 0 Å². The zero-order valence-corrected chi connectivity index (χ0v) is 9.89. The number of aromatic amines is 1. The molecule has 0 fully saturated rings. The van der Waals surface area contributed by atoms with Crippen LogP contribution in [0.4, 0.5) is 0 Å². The van der Waals surface area contributed by atoms with Gasteiger partial charge in [0, 0.05) is 21.6 Å². The van der Waals surface area contributed by atoms with Gasteiger partial charge in [-0.25, -0.2) is 0 Å². The van der Waals surface area contributed by atoms with Crippen molar-refractivity contribution < 1.29 is 5.11 Å². The Hall–Kier alpha value is -1.06. The Morgan fingerprint density at radius 3 is 2.94 bits per heavy atom. The van der Waals surface area contributed by atoms with Gasteiger partial charge in [0.15, 0.2) is 0 Å². The lowest BCUT2D eigenvalue weighted by atomic mass is 9.99. The van der Waals surface area contributed by atoms with E-state index in [9.17, 15) is 5.11 Å². The van der Waals surface area contributed by atoms with Crippen LogP contribution < -0.4 is 0 Å². The minimum absolute atomic E-state index is 0.481. The molecule has 0 bridgehead atoms. The predicted molar refractivity (Wildman–Crippen MR) is 65.8 cm³/mol. The molecule has 2 N–H and O–H groups in total. The van der Waals surface area contributed by atoms with Crippen molar-refractivity contribution >= 4 is 11.3 Å². The quantitative estimate of drug-likeness (QED) is 0.821. The number of nitrogens with one attached hydrogen (secondary N) is 1. The van der Waals surface area contributed by atoms with E-state index in [0.29, 0.717) is 0 Å². The highest BCUT2D eigenvalue weighted by molar-refractivity contribution is 7.12. The number of aliphatic hydroxyl groups excluding tert-OH is 1. The highest BCUT2D eigenvalue weighted by atomic mass is 32.1. The van der Waals surface area contributed by atoms with E-state index in [-0.39, 0.29) is 0 Å². The molecule has 1 aliphatic carbocycles. The molecule has 16 heavy (non-hydrogen) atoms. The molecule has 84 valence electrons. The van der Waals surface area contributed by atoms with E-state index in [1.807, 2.05) is 18.3 Å². The van der Waals surface area contributed by atoms with Crippen LogP contribution in [0.25, 0.3) is 0 Å². The van der Waals surface area contributed by atoms with Gasteiger partial charge in [-0.3, -0.25) is 0 Å². The largest absolute Gasteiger partial charge is 0.381 e. The zero-order chi connectivity index (χ0) is 11.0. The Balaban J connectivity index is 1.92. The first-order valence-electron chi connectivity index (χ1n) is 5.77. The second kappa shape index (κ2) is 4.07. The molecule has 0 saturated heterocycles. The molecular weight excluding hydrogens is 218 g/mol. The summed E-state index contributed by atoms with van der Waals surface area (Å²) >= 11 is 1.77. The maximum absolute atomic E-state index is 10.2. The Morgan fingerprint density at radius 1 is 1.31 bits per heavy atom. The van der Waals surface area contributed by atoms with Crippen LogP contribution in [0.5, 0.6) is 0 Å². The van der Waals surface area contributed by atoms with Gasteiger partial charge in [0.1, 0.15) is 6.10 Å². The van der Waals surface area contributed by atoms with Gasteiger partial charge in [-0.2, -0.15) is 0 Å². The van der Waals surface area contributed by atoms with E-state index in [2.05, 4.69) is 11.1 Å². The normalized spacial score (nSPS) is 17.1. The number of fused-ring (bicyclic) bond motifs is 1. The van der Waals surface area contributed by atoms with Crippen molar-refractivity contribution in [2.75, 3.05) is 0 Å². The Labute approximate surface area is 99.0 Å². The van der Waals surface area contributed by atoms with Crippen LogP contribution in [0.2, 0.25) is 0 Å². The fourth-order valence-corrected chi connectivity index (χ4v) is 3.58. The molecule has 0 aliphatic heterocycles. The van der Waals surface area contributed by atoms with Crippen molar-refractivity contribution in [3.63, 3.8) is 0 Å². The lowest BCUT2D eigenvalue weighted by molar-refractivity contribution is 0.220. The van der Waals surface area contributed by atoms with Crippen molar-refractivity contribution in [1.82, 2.24) is 4.98 Å². The lowest BCUT2D eigenvalue weighted by Crippen LogP contribution is -1.97. The molecule has 0 amide bonds. The number of aryl methyl sites for hydroxylation is 2. The van der Waals surface area contributed by atoms with Crippen LogP contribution in [0.15, 0.2) is 24.4 Å². The summed E-state index contributed by atoms with van der Waals surface area (Å²) in [6.07, 6.45) is 6.34. The number of thiophene rings is 1. The number of hydrogen-bond donors (Lipinski definition) is 2. The van der Waals surface area contributed by atoms with Crippen LogP contribution in [-0.4, -0.2) is 10.1 Å². The first-order valence-corrected chi connectivity index (χ1v) is 6.59. The van der Waals surface area contributed by atoms with Crippen molar-refractivity contribution in [3.8, 4) is 0 Å². The SMILES string of the molecule is OC(c1ccc[nH]1)c1cc2c(s1)CCCC2. The van der Waals surface area contributed by atoms with Gasteiger partial charge in [-0.15, -0.1) is 11.3 Å². The standard InChI is InChI=1S/C13H15NOS/c15-13(10-5-3-7-14-10)12-8-9-4-1-2-6-11(9)16-12/h3,5,7-8,13-15H,1-2,4,6H2. The molecule has 2 heterocycles. The molecule has 0 spiro atoms. The van der Waals surface area contributed by atoms with E-state index >= 15 is 0 Å². The summed E-state index contributed by atoms with van der Waals surface area (Å²) in [5.41, 5.74) is 2.34. The van der Waals surface area contributed by atoms with E-state index in [0.717, 1.165) is 10.6 Å². The summed E-state index contributed by atoms with van der Waals surface area (Å²) in [6.45, 7) is 0. The Kier molecular flexibility index (Phi) is 2.58. The maximum Gasteiger partial charge on any atom is 0.128 e. The minimum atomic E-state index is -0.481. The van der Waals surface area contributed by atoms with Crippen LogP contribution in [0.3, 0.4) is 0 Å². The van der Waals surface area contributed by atoms with Gasteiger partial charge in [0.25, 0.3) is 0 Å². The average molecular weight is 233 g/mol. The van der Waals surface area contributed by atoms with Crippen LogP contribution in [0, 0.1) is 0 Å². The fourth-order valence-electron chi connectivity index (χ4n) is 2.32. The lowest BCUT2D eigenvalue weighted by Gasteiger charge is -2.08. The average Bonchev–Trinajstić information content (AvgIpc) is 2.97. The topological polar surface area (TPSA) is 36.0 Å². The zero-order valence-electron chi connectivity index (χ0n) is 9.07. The van der Waals surface area contributed by atoms with E-state index in [4.69, 9.17) is 0 Å². The summed E-state index contributed by atoms with van der Waals surface area (Å²) in [4.78, 5) is 5.63. The molecular formula is C13H15NOS. The van der Waals surface area contributed by atoms with Crippen LogP contribution in [-0.2, 0) is 12.8 Å². The third kappa shape index (κ3) is 1.70. The molecule has 2 aromatic heterocycles. The van der Waals surface area contributed by atoms with E-state index < -0.39 is 6.10 Å². The molecule has 3 rings (SSSR count). The van der Waals surface area contributed by atoms with Gasteiger partial charge in [0.05, 0.1) is 0 Å².